The van der Waals surface area contributed by atoms with Crippen LogP contribution in [0.3, 0.4) is 0 Å². The number of carbonyl (C=O) groups is 2. The van der Waals surface area contributed by atoms with Crippen molar-refractivity contribution in [2.24, 2.45) is 0 Å². The molecule has 0 heterocycles. The first-order valence-corrected chi connectivity index (χ1v) is 7.65. The van der Waals surface area contributed by atoms with E-state index in [2.05, 4.69) is 4.74 Å². The second-order valence-electron chi connectivity index (χ2n) is 5.43. The van der Waals surface area contributed by atoms with Gasteiger partial charge in [0.15, 0.2) is 0 Å². The molecule has 0 amide bonds. The molecular weight excluding hydrogens is 358 g/mol. The molecule has 4 nitrogen and oxygen atoms in total. The van der Waals surface area contributed by atoms with Gasteiger partial charge in [0.1, 0.15) is 0 Å². The Morgan fingerprint density at radius 3 is 1.80 bits per heavy atom. The van der Waals surface area contributed by atoms with Crippen LogP contribution in [0.25, 0.3) is 0 Å². The first-order chi connectivity index (χ1) is 11.4. The molecule has 10 heteroatoms. The molecular formula is C15H20F6O4. The average Bonchev–Trinajstić information content (AvgIpc) is 2.44. The SMILES string of the molecule is CCCCCCCCC(OC(=O)C=CC(=O)O)(C(F)(F)F)C(F)(F)F. The normalized spacial score (nSPS) is 13.2. The van der Waals surface area contributed by atoms with Crippen molar-refractivity contribution in [2.75, 3.05) is 0 Å². The number of unbranched alkanes of at least 4 members (excludes halogenated alkanes) is 5. The van der Waals surface area contributed by atoms with E-state index < -0.39 is 42.7 Å². The topological polar surface area (TPSA) is 63.6 Å². The van der Waals surface area contributed by atoms with Gasteiger partial charge in [0, 0.05) is 18.6 Å². The maximum atomic E-state index is 13.1. The molecule has 146 valence electrons. The van der Waals surface area contributed by atoms with Crippen LogP contribution in [0.1, 0.15) is 51.9 Å². The van der Waals surface area contributed by atoms with Crippen LogP contribution in [0.15, 0.2) is 12.2 Å². The molecule has 0 radical (unpaired) electrons. The molecule has 0 unspecified atom stereocenters. The predicted molar refractivity (Wildman–Crippen MR) is 75.7 cm³/mol. The van der Waals surface area contributed by atoms with Gasteiger partial charge < -0.3 is 9.84 Å². The Labute approximate surface area is 140 Å². The highest BCUT2D eigenvalue weighted by Gasteiger charge is 2.73. The molecule has 0 saturated carbocycles. The van der Waals surface area contributed by atoms with Crippen molar-refractivity contribution in [1.82, 2.24) is 0 Å². The lowest BCUT2D eigenvalue weighted by Gasteiger charge is -2.36. The minimum Gasteiger partial charge on any atom is -0.478 e. The number of rotatable bonds is 10. The van der Waals surface area contributed by atoms with Crippen molar-refractivity contribution in [3.63, 3.8) is 0 Å². The van der Waals surface area contributed by atoms with E-state index in [1.807, 2.05) is 6.92 Å². The Morgan fingerprint density at radius 1 is 0.880 bits per heavy atom. The van der Waals surface area contributed by atoms with E-state index in [9.17, 15) is 35.9 Å². The van der Waals surface area contributed by atoms with Crippen LogP contribution in [0, 0.1) is 0 Å². The highest BCUT2D eigenvalue weighted by atomic mass is 19.4. The summed E-state index contributed by atoms with van der Waals surface area (Å²) >= 11 is 0. The highest BCUT2D eigenvalue weighted by molar-refractivity contribution is 5.91. The quantitative estimate of drug-likeness (QED) is 0.257. The molecule has 0 aromatic carbocycles. The van der Waals surface area contributed by atoms with E-state index >= 15 is 0 Å². The molecule has 0 aliphatic rings. The Bertz CT molecular complexity index is 454. The molecule has 0 aliphatic heterocycles. The summed E-state index contributed by atoms with van der Waals surface area (Å²) in [4.78, 5) is 21.5. The average molecular weight is 378 g/mol. The van der Waals surface area contributed by atoms with E-state index in [0.717, 1.165) is 12.8 Å². The predicted octanol–water partition coefficient (Wildman–Crippen LogP) is 4.78. The molecule has 0 aliphatic carbocycles. The van der Waals surface area contributed by atoms with Gasteiger partial charge in [-0.05, 0) is 6.42 Å². The third kappa shape index (κ3) is 7.35. The van der Waals surface area contributed by atoms with Crippen LogP contribution in [0.5, 0.6) is 0 Å². The van der Waals surface area contributed by atoms with Crippen molar-refractivity contribution in [2.45, 2.75) is 69.8 Å². The summed E-state index contributed by atoms with van der Waals surface area (Å²) in [6.07, 6.45) is -10.6. The van der Waals surface area contributed by atoms with Crippen LogP contribution in [-0.2, 0) is 14.3 Å². The van der Waals surface area contributed by atoms with Gasteiger partial charge in [-0.2, -0.15) is 26.3 Å². The lowest BCUT2D eigenvalue weighted by Crippen LogP contribution is -2.59. The molecule has 0 bridgehead atoms. The summed E-state index contributed by atoms with van der Waals surface area (Å²) in [6.45, 7) is 1.91. The molecule has 0 atom stereocenters. The van der Waals surface area contributed by atoms with Gasteiger partial charge in [-0.1, -0.05) is 39.0 Å². The molecule has 0 aromatic rings. The number of carboxylic acids is 1. The number of carboxylic acid groups (broad SMARTS) is 1. The fourth-order valence-electron chi connectivity index (χ4n) is 2.11. The molecule has 0 rings (SSSR count). The summed E-state index contributed by atoms with van der Waals surface area (Å²) < 4.78 is 82.4. The standard InChI is InChI=1S/C15H20F6O4/c1-2-3-4-5-6-7-10-13(14(16,17)18,15(19,20)21)25-12(24)9-8-11(22)23/h8-9H,2-7,10H2,1H3,(H,22,23). The first-order valence-electron chi connectivity index (χ1n) is 7.65. The second-order valence-corrected chi connectivity index (χ2v) is 5.43. The van der Waals surface area contributed by atoms with Gasteiger partial charge >= 0.3 is 29.9 Å². The maximum absolute atomic E-state index is 13.1. The molecule has 1 N–H and O–H groups in total. The minimum atomic E-state index is -5.89. The number of hydrogen-bond donors (Lipinski definition) is 1. The van der Waals surface area contributed by atoms with Gasteiger partial charge in [-0.15, -0.1) is 0 Å². The fraction of sp³-hybridized carbons (Fsp3) is 0.733. The minimum absolute atomic E-state index is 0.00973. The highest BCUT2D eigenvalue weighted by Crippen LogP contribution is 2.49. The second kappa shape index (κ2) is 9.67. The number of ether oxygens (including phenoxy) is 1. The number of esters is 1. The van der Waals surface area contributed by atoms with Crippen molar-refractivity contribution in [3.8, 4) is 0 Å². The third-order valence-electron chi connectivity index (χ3n) is 3.44. The van der Waals surface area contributed by atoms with Crippen LogP contribution in [0.2, 0.25) is 0 Å². The zero-order valence-electron chi connectivity index (χ0n) is 13.5. The number of carbonyl (C=O) groups excluding carboxylic acids is 1. The zero-order chi connectivity index (χ0) is 19.7. The zero-order valence-corrected chi connectivity index (χ0v) is 13.5. The first kappa shape index (κ1) is 23.3. The Hall–Kier alpha value is -1.74. The Morgan fingerprint density at radius 2 is 1.36 bits per heavy atom. The molecule has 0 saturated heterocycles. The van der Waals surface area contributed by atoms with Crippen molar-refractivity contribution in [1.29, 1.82) is 0 Å². The van der Waals surface area contributed by atoms with Gasteiger partial charge in [-0.3, -0.25) is 0 Å². The van der Waals surface area contributed by atoms with E-state index in [4.69, 9.17) is 5.11 Å². The van der Waals surface area contributed by atoms with E-state index in [0.29, 0.717) is 12.8 Å². The van der Waals surface area contributed by atoms with Crippen molar-refractivity contribution in [3.05, 3.63) is 12.2 Å². The number of hydrogen-bond acceptors (Lipinski definition) is 3. The molecule has 25 heavy (non-hydrogen) atoms. The maximum Gasteiger partial charge on any atom is 0.437 e. The molecule has 0 aromatic heterocycles. The Kier molecular flexibility index (Phi) is 8.99. The van der Waals surface area contributed by atoms with Crippen LogP contribution >= 0.6 is 0 Å². The fourth-order valence-corrected chi connectivity index (χ4v) is 2.11. The van der Waals surface area contributed by atoms with Gasteiger partial charge in [0.2, 0.25) is 0 Å². The lowest BCUT2D eigenvalue weighted by molar-refractivity contribution is -0.370. The van der Waals surface area contributed by atoms with Gasteiger partial charge in [0.25, 0.3) is 0 Å². The largest absolute Gasteiger partial charge is 0.478 e. The summed E-state index contributed by atoms with van der Waals surface area (Å²) in [5.41, 5.74) is -4.66. The van der Waals surface area contributed by atoms with Crippen LogP contribution in [-0.4, -0.2) is 35.0 Å². The summed E-state index contributed by atoms with van der Waals surface area (Å²) in [5.74, 6) is -3.74. The number of alkyl halides is 6. The van der Waals surface area contributed by atoms with E-state index in [1.165, 1.54) is 0 Å². The Balaban J connectivity index is 5.27. The third-order valence-corrected chi connectivity index (χ3v) is 3.44. The molecule has 0 spiro atoms. The lowest BCUT2D eigenvalue weighted by atomic mass is 9.93. The number of halogens is 6. The summed E-state index contributed by atoms with van der Waals surface area (Å²) in [7, 11) is 0. The van der Waals surface area contributed by atoms with Crippen molar-refractivity contribution >= 4 is 11.9 Å². The summed E-state index contributed by atoms with van der Waals surface area (Å²) in [5, 5.41) is 8.29. The number of aliphatic carboxylic acids is 1. The van der Waals surface area contributed by atoms with Crippen molar-refractivity contribution < 1.29 is 45.8 Å². The van der Waals surface area contributed by atoms with E-state index in [1.54, 1.807) is 0 Å². The smallest absolute Gasteiger partial charge is 0.437 e. The van der Waals surface area contributed by atoms with E-state index in [-0.39, 0.29) is 18.6 Å². The van der Waals surface area contributed by atoms with Gasteiger partial charge in [-0.25, -0.2) is 9.59 Å². The van der Waals surface area contributed by atoms with Crippen LogP contribution < -0.4 is 0 Å². The summed E-state index contributed by atoms with van der Waals surface area (Å²) in [6, 6.07) is 0. The monoisotopic (exact) mass is 378 g/mol. The van der Waals surface area contributed by atoms with Crippen LogP contribution in [0.4, 0.5) is 26.3 Å². The molecule has 0 fully saturated rings. The van der Waals surface area contributed by atoms with Gasteiger partial charge in [0.05, 0.1) is 0 Å².